The van der Waals surface area contributed by atoms with Crippen molar-refractivity contribution < 1.29 is 22.7 Å². The van der Waals surface area contributed by atoms with E-state index in [1.165, 1.54) is 30.7 Å². The van der Waals surface area contributed by atoms with Crippen LogP contribution in [0, 0.1) is 0 Å². The van der Waals surface area contributed by atoms with Gasteiger partial charge in [0.2, 0.25) is 15.9 Å². The van der Waals surface area contributed by atoms with Crippen LogP contribution in [0.3, 0.4) is 0 Å². The van der Waals surface area contributed by atoms with Gasteiger partial charge in [-0.2, -0.15) is 4.31 Å². The van der Waals surface area contributed by atoms with Crippen LogP contribution in [0.1, 0.15) is 5.56 Å². The largest absolute Gasteiger partial charge is 0.497 e. The topological polar surface area (TPSA) is 84.9 Å². The lowest BCUT2D eigenvalue weighted by Gasteiger charge is -2.32. The fourth-order valence-electron chi connectivity index (χ4n) is 3.11. The number of nitrogens with zero attached hydrogens (tertiary/aromatic N) is 1. The minimum Gasteiger partial charge on any atom is -0.497 e. The Balaban J connectivity index is 1.88. The van der Waals surface area contributed by atoms with Crippen molar-refractivity contribution in [1.82, 2.24) is 9.62 Å². The summed E-state index contributed by atoms with van der Waals surface area (Å²) in [4.78, 5) is 12.1. The second-order valence-corrected chi connectivity index (χ2v) is 8.17. The first-order valence-electron chi connectivity index (χ1n) is 8.49. The highest BCUT2D eigenvalue weighted by molar-refractivity contribution is 7.89. The zero-order valence-corrected chi connectivity index (χ0v) is 16.0. The molecule has 0 unspecified atom stereocenters. The normalized spacial score (nSPS) is 18.0. The molecular formula is C19H22N2O5S. The molecule has 0 radical (unpaired) electrons. The number of piperazine rings is 1. The molecule has 1 aliphatic heterocycles. The Morgan fingerprint density at radius 2 is 1.85 bits per heavy atom. The first kappa shape index (κ1) is 19.2. The van der Waals surface area contributed by atoms with E-state index in [-0.39, 0.29) is 35.7 Å². The molecule has 2 aromatic rings. The van der Waals surface area contributed by atoms with Gasteiger partial charge < -0.3 is 14.8 Å². The molecule has 1 atom stereocenters. The van der Waals surface area contributed by atoms with Gasteiger partial charge in [0.1, 0.15) is 16.4 Å². The van der Waals surface area contributed by atoms with Crippen LogP contribution >= 0.6 is 0 Å². The number of carbonyl (C=O) groups is 1. The highest BCUT2D eigenvalue weighted by Gasteiger charge is 2.35. The van der Waals surface area contributed by atoms with Crippen LogP contribution in [0.5, 0.6) is 11.5 Å². The SMILES string of the molecule is COc1ccc(OC)c(S(=O)(=O)N2CC(=O)N[C@@H](Cc3ccccc3)C2)c1. The molecule has 1 amide bonds. The predicted molar refractivity (Wildman–Crippen MR) is 100 cm³/mol. The number of hydrogen-bond donors (Lipinski definition) is 1. The number of carbonyl (C=O) groups excluding carboxylic acids is 1. The molecule has 7 nitrogen and oxygen atoms in total. The smallest absolute Gasteiger partial charge is 0.247 e. The maximum atomic E-state index is 13.2. The third kappa shape index (κ3) is 4.23. The number of methoxy groups -OCH3 is 2. The number of sulfonamides is 1. The number of rotatable bonds is 6. The van der Waals surface area contributed by atoms with Crippen LogP contribution < -0.4 is 14.8 Å². The van der Waals surface area contributed by atoms with E-state index in [0.717, 1.165) is 5.56 Å². The standard InChI is InChI=1S/C19H22N2O5S/c1-25-16-8-9-17(26-2)18(11-16)27(23,24)21-12-15(20-19(22)13-21)10-14-6-4-3-5-7-14/h3-9,11,15H,10,12-13H2,1-2H3,(H,20,22)/t15-/m0/s1. The zero-order chi connectivity index (χ0) is 19.4. The van der Waals surface area contributed by atoms with E-state index >= 15 is 0 Å². The second kappa shape index (κ2) is 7.98. The molecule has 1 saturated heterocycles. The van der Waals surface area contributed by atoms with Gasteiger partial charge in [0.05, 0.1) is 20.8 Å². The zero-order valence-electron chi connectivity index (χ0n) is 15.2. The van der Waals surface area contributed by atoms with Gasteiger partial charge in [-0.05, 0) is 24.1 Å². The number of amides is 1. The monoisotopic (exact) mass is 390 g/mol. The minimum absolute atomic E-state index is 0.0162. The minimum atomic E-state index is -3.93. The van der Waals surface area contributed by atoms with Gasteiger partial charge in [0, 0.05) is 18.7 Å². The molecule has 27 heavy (non-hydrogen) atoms. The van der Waals surface area contributed by atoms with E-state index in [9.17, 15) is 13.2 Å². The van der Waals surface area contributed by atoms with Crippen molar-refractivity contribution in [3.05, 3.63) is 54.1 Å². The average molecular weight is 390 g/mol. The third-order valence-electron chi connectivity index (χ3n) is 4.42. The summed E-state index contributed by atoms with van der Waals surface area (Å²) in [5.74, 6) is 0.283. The molecule has 1 fully saturated rings. The van der Waals surface area contributed by atoms with E-state index < -0.39 is 10.0 Å². The summed E-state index contributed by atoms with van der Waals surface area (Å²) in [6, 6.07) is 13.9. The Morgan fingerprint density at radius 1 is 1.11 bits per heavy atom. The molecule has 0 aromatic heterocycles. The van der Waals surface area contributed by atoms with Crippen molar-refractivity contribution in [2.75, 3.05) is 27.3 Å². The summed E-state index contributed by atoms with van der Waals surface area (Å²) in [6.07, 6.45) is 0.549. The Hall–Kier alpha value is -2.58. The maximum Gasteiger partial charge on any atom is 0.247 e. The molecule has 1 aliphatic rings. The van der Waals surface area contributed by atoms with E-state index in [0.29, 0.717) is 12.2 Å². The summed E-state index contributed by atoms with van der Waals surface area (Å²) in [7, 11) is -1.06. The lowest BCUT2D eigenvalue weighted by molar-refractivity contribution is -0.123. The van der Waals surface area contributed by atoms with Crippen molar-refractivity contribution in [3.63, 3.8) is 0 Å². The fraction of sp³-hybridized carbons (Fsp3) is 0.316. The highest BCUT2D eigenvalue weighted by Crippen LogP contribution is 2.31. The molecule has 8 heteroatoms. The van der Waals surface area contributed by atoms with Crippen LogP contribution in [0.15, 0.2) is 53.4 Å². The molecule has 1 N–H and O–H groups in total. The Bertz CT molecular complexity index is 915. The van der Waals surface area contributed by atoms with E-state index in [1.54, 1.807) is 6.07 Å². The summed E-state index contributed by atoms with van der Waals surface area (Å²) in [5.41, 5.74) is 1.03. The number of hydrogen-bond acceptors (Lipinski definition) is 5. The maximum absolute atomic E-state index is 13.2. The summed E-state index contributed by atoms with van der Waals surface area (Å²) in [6.45, 7) is -0.0443. The van der Waals surface area contributed by atoms with Gasteiger partial charge in [-0.3, -0.25) is 4.79 Å². The van der Waals surface area contributed by atoms with Crippen molar-refractivity contribution >= 4 is 15.9 Å². The summed E-state index contributed by atoms with van der Waals surface area (Å²) < 4.78 is 37.9. The quantitative estimate of drug-likeness (QED) is 0.807. The van der Waals surface area contributed by atoms with E-state index in [1.807, 2.05) is 30.3 Å². The molecule has 144 valence electrons. The fourth-order valence-corrected chi connectivity index (χ4v) is 4.72. The second-order valence-electron chi connectivity index (χ2n) is 6.27. The number of benzene rings is 2. The molecule has 0 aliphatic carbocycles. The summed E-state index contributed by atoms with van der Waals surface area (Å²) >= 11 is 0. The molecule has 0 saturated carbocycles. The Labute approximate surface area is 158 Å². The third-order valence-corrected chi connectivity index (χ3v) is 6.26. The Kier molecular flexibility index (Phi) is 5.67. The highest BCUT2D eigenvalue weighted by atomic mass is 32.2. The first-order valence-corrected chi connectivity index (χ1v) is 9.93. The molecule has 0 spiro atoms. The van der Waals surface area contributed by atoms with Gasteiger partial charge in [-0.1, -0.05) is 30.3 Å². The van der Waals surface area contributed by atoms with Crippen LogP contribution in [0.2, 0.25) is 0 Å². The van der Waals surface area contributed by atoms with Crippen molar-refractivity contribution in [2.45, 2.75) is 17.4 Å². The average Bonchev–Trinajstić information content (AvgIpc) is 2.67. The first-order chi connectivity index (χ1) is 12.9. The van der Waals surface area contributed by atoms with Crippen LogP contribution in [0.4, 0.5) is 0 Å². The number of nitrogens with one attached hydrogen (secondary N) is 1. The van der Waals surface area contributed by atoms with Gasteiger partial charge in [0.25, 0.3) is 0 Å². The molecule has 2 aromatic carbocycles. The lowest BCUT2D eigenvalue weighted by atomic mass is 10.0. The molecule has 0 bridgehead atoms. The van der Waals surface area contributed by atoms with Crippen LogP contribution in [-0.4, -0.2) is 52.0 Å². The van der Waals surface area contributed by atoms with Crippen LogP contribution in [0.25, 0.3) is 0 Å². The van der Waals surface area contributed by atoms with Crippen molar-refractivity contribution in [1.29, 1.82) is 0 Å². The van der Waals surface area contributed by atoms with Crippen molar-refractivity contribution in [3.8, 4) is 11.5 Å². The van der Waals surface area contributed by atoms with Gasteiger partial charge >= 0.3 is 0 Å². The van der Waals surface area contributed by atoms with Crippen LogP contribution in [-0.2, 0) is 21.2 Å². The van der Waals surface area contributed by atoms with Gasteiger partial charge in [-0.15, -0.1) is 0 Å². The molecule has 1 heterocycles. The van der Waals surface area contributed by atoms with Crippen molar-refractivity contribution in [2.24, 2.45) is 0 Å². The lowest BCUT2D eigenvalue weighted by Crippen LogP contribution is -2.56. The van der Waals surface area contributed by atoms with Gasteiger partial charge in [0.15, 0.2) is 0 Å². The summed E-state index contributed by atoms with van der Waals surface area (Å²) in [5, 5.41) is 2.87. The Morgan fingerprint density at radius 3 is 2.52 bits per heavy atom. The van der Waals surface area contributed by atoms with Gasteiger partial charge in [-0.25, -0.2) is 8.42 Å². The molecule has 3 rings (SSSR count). The number of ether oxygens (including phenoxy) is 2. The van der Waals surface area contributed by atoms with E-state index in [2.05, 4.69) is 5.32 Å². The predicted octanol–water partition coefficient (Wildman–Crippen LogP) is 1.44. The molecular weight excluding hydrogens is 368 g/mol. The van der Waals surface area contributed by atoms with E-state index in [4.69, 9.17) is 9.47 Å².